The number of carbonyl (C=O) groups excluding carboxylic acids is 1. The number of aromatic carboxylic acids is 1. The van der Waals surface area contributed by atoms with Gasteiger partial charge >= 0.3 is 12.1 Å². The molecule has 0 spiro atoms. The maximum absolute atomic E-state index is 13.8. The third kappa shape index (κ3) is 5.98. The quantitative estimate of drug-likeness (QED) is 0.252. The van der Waals surface area contributed by atoms with Gasteiger partial charge in [-0.1, -0.05) is 35.9 Å². The van der Waals surface area contributed by atoms with Crippen molar-refractivity contribution in [3.8, 4) is 28.2 Å². The van der Waals surface area contributed by atoms with Crippen molar-refractivity contribution in [2.24, 2.45) is 5.92 Å². The van der Waals surface area contributed by atoms with Crippen LogP contribution in [0.5, 0.6) is 0 Å². The number of alkyl halides is 5. The highest BCUT2D eigenvalue weighted by atomic mass is 19.4. The number of hydrogen-bond donors (Lipinski definition) is 1. The summed E-state index contributed by atoms with van der Waals surface area (Å²) in [5, 5.41) is 13.0. The number of pyridine rings is 1. The lowest BCUT2D eigenvalue weighted by Gasteiger charge is -2.41. The Hall–Kier alpha value is -4.81. The molecule has 2 aromatic carbocycles. The van der Waals surface area contributed by atoms with Gasteiger partial charge in [-0.2, -0.15) is 18.3 Å². The summed E-state index contributed by atoms with van der Waals surface area (Å²) >= 11 is 0. The predicted octanol–water partition coefficient (Wildman–Crippen LogP) is 6.32. The number of anilines is 1. The number of hydrogen-bond acceptors (Lipinski definition) is 5. The molecule has 2 aliphatic rings. The van der Waals surface area contributed by atoms with Crippen LogP contribution >= 0.6 is 0 Å². The first-order chi connectivity index (χ1) is 21.3. The van der Waals surface area contributed by atoms with Gasteiger partial charge in [0.05, 0.1) is 11.9 Å². The van der Waals surface area contributed by atoms with E-state index in [1.807, 2.05) is 49.4 Å². The molecule has 0 bridgehead atoms. The third-order valence-electron chi connectivity index (χ3n) is 8.24. The average Bonchev–Trinajstić information content (AvgIpc) is 3.47. The van der Waals surface area contributed by atoms with Crippen LogP contribution < -0.4 is 4.90 Å². The summed E-state index contributed by atoms with van der Waals surface area (Å²) in [5.41, 5.74) is 2.10. The Balaban J connectivity index is 1.23. The number of carbonyl (C=O) groups is 2. The molecule has 1 aliphatic heterocycles. The molecular formula is C32H28F5N5O3. The van der Waals surface area contributed by atoms with Gasteiger partial charge in [0, 0.05) is 56.2 Å². The van der Waals surface area contributed by atoms with Crippen LogP contribution in [0.3, 0.4) is 0 Å². The SMILES string of the molecule is Cc1ccc(-c2ccc(N3CCN(C(=O)C4CC(F)(F)C4)CC3)cc2)c(-c2cccc(-n3ncc(C(=O)O)c3C(F)(F)F)n2)c1. The van der Waals surface area contributed by atoms with Crippen molar-refractivity contribution in [2.45, 2.75) is 31.9 Å². The summed E-state index contributed by atoms with van der Waals surface area (Å²) in [6, 6.07) is 18.0. The normalized spacial score (nSPS) is 16.8. The Bertz CT molecular complexity index is 1750. The van der Waals surface area contributed by atoms with Crippen molar-refractivity contribution >= 4 is 17.6 Å². The fraction of sp³-hybridized carbons (Fsp3) is 0.312. The minimum atomic E-state index is -4.98. The van der Waals surface area contributed by atoms with Crippen LogP contribution in [0.2, 0.25) is 0 Å². The van der Waals surface area contributed by atoms with Crippen LogP contribution in [0.15, 0.2) is 66.9 Å². The van der Waals surface area contributed by atoms with Gasteiger partial charge < -0.3 is 14.9 Å². The van der Waals surface area contributed by atoms with E-state index in [4.69, 9.17) is 0 Å². The zero-order valence-corrected chi connectivity index (χ0v) is 24.1. The van der Waals surface area contributed by atoms with Crippen LogP contribution in [0.25, 0.3) is 28.2 Å². The third-order valence-corrected chi connectivity index (χ3v) is 8.24. The summed E-state index contributed by atoms with van der Waals surface area (Å²) in [6.45, 7) is 3.92. The van der Waals surface area contributed by atoms with E-state index in [0.29, 0.717) is 48.3 Å². The Morgan fingerprint density at radius 2 is 1.62 bits per heavy atom. The first-order valence-electron chi connectivity index (χ1n) is 14.3. The van der Waals surface area contributed by atoms with Crippen LogP contribution in [0.4, 0.5) is 27.6 Å². The second-order valence-corrected chi connectivity index (χ2v) is 11.4. The van der Waals surface area contributed by atoms with Crippen molar-refractivity contribution in [3.63, 3.8) is 0 Å². The molecule has 13 heteroatoms. The number of halogens is 5. The molecule has 4 aromatic rings. The molecule has 2 aromatic heterocycles. The summed E-state index contributed by atoms with van der Waals surface area (Å²) in [6.07, 6.45) is -5.07. The number of piperazine rings is 1. The smallest absolute Gasteiger partial charge is 0.434 e. The molecule has 8 nitrogen and oxygen atoms in total. The summed E-state index contributed by atoms with van der Waals surface area (Å²) < 4.78 is 68.5. The largest absolute Gasteiger partial charge is 0.478 e. The molecule has 6 rings (SSSR count). The van der Waals surface area contributed by atoms with Gasteiger partial charge in [0.25, 0.3) is 0 Å². The fourth-order valence-electron chi connectivity index (χ4n) is 5.90. The van der Waals surface area contributed by atoms with E-state index >= 15 is 0 Å². The van der Waals surface area contributed by atoms with Crippen molar-refractivity contribution in [2.75, 3.05) is 31.1 Å². The Labute approximate surface area is 254 Å². The maximum atomic E-state index is 13.8. The van der Waals surface area contributed by atoms with Gasteiger partial charge in [-0.05, 0) is 48.4 Å². The number of amides is 1. The molecule has 1 amide bonds. The van der Waals surface area contributed by atoms with Gasteiger partial charge in [0.1, 0.15) is 5.56 Å². The van der Waals surface area contributed by atoms with Crippen molar-refractivity contribution in [1.82, 2.24) is 19.7 Å². The highest BCUT2D eigenvalue weighted by Crippen LogP contribution is 2.43. The standard InChI is InChI=1S/C32H28F5N5O3/c1-19-5-10-23(20-6-8-22(9-7-20)40-11-13-41(14-12-40)29(43)21-16-31(33,34)17-21)24(15-19)26-3-2-4-27(39-26)42-28(32(35,36)37)25(18-38-42)30(44)45/h2-10,15,18,21H,11-14,16-17H2,1H3,(H,44,45). The van der Waals surface area contributed by atoms with Gasteiger partial charge in [-0.15, -0.1) is 0 Å². The van der Waals surface area contributed by atoms with Crippen molar-refractivity contribution in [1.29, 1.82) is 0 Å². The zero-order valence-electron chi connectivity index (χ0n) is 24.1. The highest BCUT2D eigenvalue weighted by Gasteiger charge is 2.50. The van der Waals surface area contributed by atoms with Gasteiger partial charge in [-0.3, -0.25) is 4.79 Å². The van der Waals surface area contributed by atoms with Crippen LogP contribution in [-0.4, -0.2) is 68.7 Å². The molecule has 45 heavy (non-hydrogen) atoms. The van der Waals surface area contributed by atoms with Gasteiger partial charge in [-0.25, -0.2) is 23.2 Å². The molecule has 1 saturated carbocycles. The molecule has 1 saturated heterocycles. The number of benzene rings is 2. The van der Waals surface area contributed by atoms with E-state index in [2.05, 4.69) is 15.0 Å². The molecule has 1 N–H and O–H groups in total. The number of aryl methyl sites for hydroxylation is 1. The lowest BCUT2D eigenvalue weighted by Crippen LogP contribution is -2.53. The molecule has 0 unspecified atom stereocenters. The predicted molar refractivity (Wildman–Crippen MR) is 155 cm³/mol. The highest BCUT2D eigenvalue weighted by molar-refractivity contribution is 5.89. The Morgan fingerprint density at radius 1 is 0.933 bits per heavy atom. The van der Waals surface area contributed by atoms with E-state index in [-0.39, 0.29) is 24.6 Å². The molecule has 0 atom stereocenters. The minimum Gasteiger partial charge on any atom is -0.478 e. The molecule has 234 valence electrons. The first kappa shape index (κ1) is 30.2. The summed E-state index contributed by atoms with van der Waals surface area (Å²) in [7, 11) is 0. The van der Waals surface area contributed by atoms with Crippen LogP contribution in [-0.2, 0) is 11.0 Å². The minimum absolute atomic E-state index is 0.182. The number of aromatic nitrogens is 3. The van der Waals surface area contributed by atoms with E-state index in [0.717, 1.165) is 22.4 Å². The van der Waals surface area contributed by atoms with E-state index in [1.165, 1.54) is 12.1 Å². The Kier molecular flexibility index (Phi) is 7.58. The lowest BCUT2D eigenvalue weighted by atomic mass is 9.80. The molecule has 3 heterocycles. The molecule has 0 radical (unpaired) electrons. The van der Waals surface area contributed by atoms with Gasteiger partial charge in [0.15, 0.2) is 11.5 Å². The van der Waals surface area contributed by atoms with Crippen LogP contribution in [0.1, 0.15) is 34.5 Å². The number of carboxylic acids is 1. The number of nitrogens with zero attached hydrogens (tertiary/aromatic N) is 5. The second kappa shape index (κ2) is 11.3. The first-order valence-corrected chi connectivity index (χ1v) is 14.3. The van der Waals surface area contributed by atoms with E-state index in [9.17, 15) is 36.6 Å². The van der Waals surface area contributed by atoms with E-state index < -0.39 is 35.2 Å². The Morgan fingerprint density at radius 3 is 2.24 bits per heavy atom. The molecule has 1 aliphatic carbocycles. The van der Waals surface area contributed by atoms with E-state index in [1.54, 1.807) is 11.0 Å². The lowest BCUT2D eigenvalue weighted by molar-refractivity contribution is -0.160. The molecule has 2 fully saturated rings. The summed E-state index contributed by atoms with van der Waals surface area (Å²) in [4.78, 5) is 32.3. The average molecular weight is 626 g/mol. The van der Waals surface area contributed by atoms with Crippen molar-refractivity contribution in [3.05, 3.63) is 83.7 Å². The maximum Gasteiger partial charge on any atom is 0.434 e. The van der Waals surface area contributed by atoms with Crippen LogP contribution in [0, 0.1) is 12.8 Å². The summed E-state index contributed by atoms with van der Waals surface area (Å²) in [5.74, 6) is -5.46. The van der Waals surface area contributed by atoms with Gasteiger partial charge in [0.2, 0.25) is 11.8 Å². The fourth-order valence-corrected chi connectivity index (χ4v) is 5.90. The zero-order chi connectivity index (χ0) is 32.1. The number of rotatable bonds is 6. The van der Waals surface area contributed by atoms with Crippen molar-refractivity contribution < 1.29 is 36.6 Å². The number of carboxylic acid groups (broad SMARTS) is 1. The molecular weight excluding hydrogens is 597 g/mol. The topological polar surface area (TPSA) is 91.6 Å². The monoisotopic (exact) mass is 625 g/mol. The second-order valence-electron chi connectivity index (χ2n) is 11.4.